The van der Waals surface area contributed by atoms with Crippen LogP contribution in [0.2, 0.25) is 0 Å². The molecule has 0 amide bonds. The van der Waals surface area contributed by atoms with E-state index in [0.717, 1.165) is 5.56 Å². The van der Waals surface area contributed by atoms with E-state index >= 15 is 0 Å². The molecule has 17 heavy (non-hydrogen) atoms. The van der Waals surface area contributed by atoms with Crippen molar-refractivity contribution in [2.45, 2.75) is 12.5 Å². The molecule has 2 rings (SSSR count). The molecular formula is C12H9Br2FO2. The van der Waals surface area contributed by atoms with E-state index in [4.69, 9.17) is 4.42 Å². The van der Waals surface area contributed by atoms with Crippen molar-refractivity contribution in [3.8, 4) is 0 Å². The first-order valence-electron chi connectivity index (χ1n) is 4.93. The third-order valence-electron chi connectivity index (χ3n) is 2.35. The van der Waals surface area contributed by atoms with Crippen molar-refractivity contribution in [1.29, 1.82) is 0 Å². The number of furan rings is 1. The van der Waals surface area contributed by atoms with E-state index < -0.39 is 6.10 Å². The van der Waals surface area contributed by atoms with Gasteiger partial charge in [0.25, 0.3) is 0 Å². The van der Waals surface area contributed by atoms with Gasteiger partial charge in [-0.25, -0.2) is 4.39 Å². The van der Waals surface area contributed by atoms with E-state index in [9.17, 15) is 9.50 Å². The van der Waals surface area contributed by atoms with Crippen LogP contribution in [-0.4, -0.2) is 5.11 Å². The molecule has 2 nitrogen and oxygen atoms in total. The quantitative estimate of drug-likeness (QED) is 0.885. The number of halogens is 3. The largest absolute Gasteiger partial charge is 0.452 e. The molecule has 0 aliphatic heterocycles. The predicted molar refractivity (Wildman–Crippen MR) is 69.2 cm³/mol. The van der Waals surface area contributed by atoms with Crippen LogP contribution in [0.3, 0.4) is 0 Å². The Kier molecular flexibility index (Phi) is 4.01. The summed E-state index contributed by atoms with van der Waals surface area (Å²) >= 11 is 6.44. The fourth-order valence-electron chi connectivity index (χ4n) is 1.50. The average molecular weight is 364 g/mol. The Bertz CT molecular complexity index is 525. The Morgan fingerprint density at radius 3 is 2.59 bits per heavy atom. The summed E-state index contributed by atoms with van der Waals surface area (Å²) in [7, 11) is 0. The van der Waals surface area contributed by atoms with Crippen LogP contribution in [0.4, 0.5) is 4.39 Å². The van der Waals surface area contributed by atoms with Crippen LogP contribution in [0.15, 0.2) is 43.9 Å². The number of aliphatic hydroxyl groups is 1. The topological polar surface area (TPSA) is 33.4 Å². The zero-order valence-corrected chi connectivity index (χ0v) is 11.8. The highest BCUT2D eigenvalue weighted by Crippen LogP contribution is 2.26. The molecule has 2 aromatic rings. The summed E-state index contributed by atoms with van der Waals surface area (Å²) in [4.78, 5) is 0. The molecule has 1 atom stereocenters. The second-order valence-corrected chi connectivity index (χ2v) is 5.23. The van der Waals surface area contributed by atoms with E-state index in [1.807, 2.05) is 0 Å². The van der Waals surface area contributed by atoms with Crippen molar-refractivity contribution in [1.82, 2.24) is 0 Å². The molecule has 1 unspecified atom stereocenters. The Hall–Kier alpha value is -0.650. The molecule has 1 N–H and O–H groups in total. The molecule has 0 saturated carbocycles. The molecule has 0 aliphatic rings. The van der Waals surface area contributed by atoms with Gasteiger partial charge < -0.3 is 9.52 Å². The van der Waals surface area contributed by atoms with Crippen LogP contribution in [0.25, 0.3) is 0 Å². The average Bonchev–Trinajstić information content (AvgIpc) is 2.69. The van der Waals surface area contributed by atoms with Gasteiger partial charge in [0, 0.05) is 10.9 Å². The summed E-state index contributed by atoms with van der Waals surface area (Å²) in [6.07, 6.45) is -0.385. The zero-order chi connectivity index (χ0) is 12.4. The lowest BCUT2D eigenvalue weighted by atomic mass is 10.1. The minimum Gasteiger partial charge on any atom is -0.452 e. The van der Waals surface area contributed by atoms with Gasteiger partial charge in [-0.15, -0.1) is 0 Å². The highest BCUT2D eigenvalue weighted by atomic mass is 79.9. The molecule has 0 aliphatic carbocycles. The van der Waals surface area contributed by atoms with Gasteiger partial charge in [0.15, 0.2) is 4.67 Å². The zero-order valence-electron chi connectivity index (χ0n) is 8.66. The van der Waals surface area contributed by atoms with Crippen LogP contribution < -0.4 is 0 Å². The van der Waals surface area contributed by atoms with Gasteiger partial charge >= 0.3 is 0 Å². The molecule has 0 bridgehead atoms. The molecule has 0 spiro atoms. The summed E-state index contributed by atoms with van der Waals surface area (Å²) in [6, 6.07) is 7.80. The fourth-order valence-corrected chi connectivity index (χ4v) is 2.34. The van der Waals surface area contributed by atoms with Gasteiger partial charge in [-0.05, 0) is 45.8 Å². The first kappa shape index (κ1) is 12.8. The van der Waals surface area contributed by atoms with Gasteiger partial charge in [0.05, 0.1) is 0 Å². The lowest BCUT2D eigenvalue weighted by Gasteiger charge is -2.09. The number of hydrogen-bond donors (Lipinski definition) is 1. The van der Waals surface area contributed by atoms with Crippen molar-refractivity contribution in [3.05, 3.63) is 56.6 Å². The summed E-state index contributed by atoms with van der Waals surface area (Å²) in [6.45, 7) is 0. The van der Waals surface area contributed by atoms with E-state index in [-0.39, 0.29) is 5.82 Å². The van der Waals surface area contributed by atoms with E-state index in [0.29, 0.717) is 21.3 Å². The normalized spacial score (nSPS) is 12.7. The smallest absolute Gasteiger partial charge is 0.169 e. The predicted octanol–water partition coefficient (Wildman–Crippen LogP) is 4.22. The third kappa shape index (κ3) is 3.18. The Labute approximate surface area is 115 Å². The van der Waals surface area contributed by atoms with Crippen molar-refractivity contribution >= 4 is 31.9 Å². The van der Waals surface area contributed by atoms with Gasteiger partial charge in [0.2, 0.25) is 0 Å². The Morgan fingerprint density at radius 1 is 1.24 bits per heavy atom. The summed E-state index contributed by atoms with van der Waals surface area (Å²) in [5.41, 5.74) is 0.825. The number of hydrogen-bond acceptors (Lipinski definition) is 2. The molecule has 90 valence electrons. The third-order valence-corrected chi connectivity index (χ3v) is 3.52. The highest BCUT2D eigenvalue weighted by molar-refractivity contribution is 9.10. The number of benzene rings is 1. The molecular weight excluding hydrogens is 355 g/mol. The molecule has 5 heteroatoms. The van der Waals surface area contributed by atoms with E-state index in [2.05, 4.69) is 31.9 Å². The molecule has 0 saturated heterocycles. The first-order valence-corrected chi connectivity index (χ1v) is 6.52. The summed E-state index contributed by atoms with van der Waals surface area (Å²) in [5.74, 6) is 0.170. The van der Waals surface area contributed by atoms with Gasteiger partial charge in [-0.2, -0.15) is 0 Å². The number of aliphatic hydroxyl groups excluding tert-OH is 1. The van der Waals surface area contributed by atoms with Gasteiger partial charge in [0.1, 0.15) is 17.7 Å². The van der Waals surface area contributed by atoms with Crippen molar-refractivity contribution in [2.75, 3.05) is 0 Å². The van der Waals surface area contributed by atoms with Crippen molar-refractivity contribution < 1.29 is 13.9 Å². The first-order chi connectivity index (χ1) is 8.06. The maximum Gasteiger partial charge on any atom is 0.169 e. The lowest BCUT2D eigenvalue weighted by Crippen LogP contribution is -2.01. The van der Waals surface area contributed by atoms with Crippen LogP contribution >= 0.6 is 31.9 Å². The van der Waals surface area contributed by atoms with Crippen LogP contribution in [0.1, 0.15) is 17.4 Å². The van der Waals surface area contributed by atoms with E-state index in [1.54, 1.807) is 18.2 Å². The minimum absolute atomic E-state index is 0.309. The Morgan fingerprint density at radius 2 is 2.00 bits per heavy atom. The lowest BCUT2D eigenvalue weighted by molar-refractivity contribution is 0.148. The van der Waals surface area contributed by atoms with Gasteiger partial charge in [-0.1, -0.05) is 22.0 Å². The molecule has 1 aromatic heterocycles. The molecule has 0 fully saturated rings. The SMILES string of the molecule is OC(Cc1ccc(F)cc1Br)c1ccc(Br)o1. The maximum atomic E-state index is 12.9. The van der Waals surface area contributed by atoms with Crippen molar-refractivity contribution in [3.63, 3.8) is 0 Å². The second-order valence-electron chi connectivity index (χ2n) is 3.60. The summed E-state index contributed by atoms with van der Waals surface area (Å²) in [5, 5.41) is 9.95. The Balaban J connectivity index is 2.15. The van der Waals surface area contributed by atoms with E-state index in [1.165, 1.54) is 12.1 Å². The minimum atomic E-state index is -0.747. The van der Waals surface area contributed by atoms with Crippen LogP contribution in [0, 0.1) is 5.82 Å². The molecule has 1 aromatic carbocycles. The highest BCUT2D eigenvalue weighted by Gasteiger charge is 2.14. The standard InChI is InChI=1S/C12H9Br2FO2/c13-9-6-8(15)2-1-7(9)5-10(16)11-3-4-12(14)17-11/h1-4,6,10,16H,5H2. The second kappa shape index (κ2) is 5.33. The van der Waals surface area contributed by atoms with Gasteiger partial charge in [-0.3, -0.25) is 0 Å². The molecule has 1 heterocycles. The maximum absolute atomic E-state index is 12.9. The number of rotatable bonds is 3. The fraction of sp³-hybridized carbons (Fsp3) is 0.167. The van der Waals surface area contributed by atoms with Crippen LogP contribution in [0.5, 0.6) is 0 Å². The summed E-state index contributed by atoms with van der Waals surface area (Å²) < 4.78 is 19.4. The van der Waals surface area contributed by atoms with Crippen molar-refractivity contribution in [2.24, 2.45) is 0 Å². The monoisotopic (exact) mass is 362 g/mol. The van der Waals surface area contributed by atoms with Crippen LogP contribution in [-0.2, 0) is 6.42 Å². The molecule has 0 radical (unpaired) electrons.